The lowest BCUT2D eigenvalue weighted by atomic mass is 10.0. The average Bonchev–Trinajstić information content (AvgIpc) is 3.46. The number of nitrogens with zero attached hydrogens (tertiary/aromatic N) is 3. The van der Waals surface area contributed by atoms with E-state index in [-0.39, 0.29) is 23.3 Å². The van der Waals surface area contributed by atoms with Crippen molar-refractivity contribution in [3.05, 3.63) is 58.7 Å². The van der Waals surface area contributed by atoms with Gasteiger partial charge in [-0.2, -0.15) is 4.98 Å². The van der Waals surface area contributed by atoms with Crippen molar-refractivity contribution >= 4 is 16.9 Å². The molecule has 0 aliphatic rings. The summed E-state index contributed by atoms with van der Waals surface area (Å²) < 4.78 is 12.3. The van der Waals surface area contributed by atoms with Crippen LogP contribution in [0.25, 0.3) is 22.4 Å². The summed E-state index contributed by atoms with van der Waals surface area (Å²) in [6.07, 6.45) is 2.31. The SMILES string of the molecule is CCCn1c(=O)[nH]c2cc(-c3noc([C@@H](NC(=O)c4ccco4)C(C)C)n3)ccc21. The van der Waals surface area contributed by atoms with E-state index in [0.29, 0.717) is 29.3 Å². The van der Waals surface area contributed by atoms with E-state index >= 15 is 0 Å². The van der Waals surface area contributed by atoms with Crippen molar-refractivity contribution in [3.8, 4) is 11.4 Å². The molecule has 0 aliphatic carbocycles. The molecule has 0 radical (unpaired) electrons. The zero-order valence-corrected chi connectivity index (χ0v) is 17.0. The van der Waals surface area contributed by atoms with Crippen LogP contribution in [0.5, 0.6) is 0 Å². The number of H-pyrrole nitrogens is 1. The third kappa shape index (κ3) is 3.66. The Balaban J connectivity index is 1.62. The number of benzene rings is 1. The van der Waals surface area contributed by atoms with Gasteiger partial charge in [0, 0.05) is 12.1 Å². The fourth-order valence-electron chi connectivity index (χ4n) is 3.36. The van der Waals surface area contributed by atoms with Crippen LogP contribution in [0.4, 0.5) is 0 Å². The van der Waals surface area contributed by atoms with Gasteiger partial charge in [0.1, 0.15) is 6.04 Å². The lowest BCUT2D eigenvalue weighted by Crippen LogP contribution is -2.31. The molecule has 9 nitrogen and oxygen atoms in total. The molecule has 3 heterocycles. The topological polar surface area (TPSA) is 119 Å². The Kier molecular flexibility index (Phi) is 5.26. The molecule has 0 spiro atoms. The van der Waals surface area contributed by atoms with Crippen LogP contribution in [-0.2, 0) is 6.54 Å². The molecule has 0 saturated heterocycles. The highest BCUT2D eigenvalue weighted by atomic mass is 16.5. The number of amides is 1. The number of hydrogen-bond donors (Lipinski definition) is 2. The summed E-state index contributed by atoms with van der Waals surface area (Å²) in [4.78, 5) is 31.9. The maximum absolute atomic E-state index is 12.4. The maximum Gasteiger partial charge on any atom is 0.326 e. The van der Waals surface area contributed by atoms with Gasteiger partial charge in [0.05, 0.1) is 17.3 Å². The van der Waals surface area contributed by atoms with E-state index in [2.05, 4.69) is 20.4 Å². The summed E-state index contributed by atoms with van der Waals surface area (Å²) in [5, 5.41) is 6.95. The first-order valence-electron chi connectivity index (χ1n) is 9.88. The van der Waals surface area contributed by atoms with Gasteiger partial charge in [0.25, 0.3) is 5.91 Å². The molecule has 3 aromatic heterocycles. The van der Waals surface area contributed by atoms with Gasteiger partial charge in [0.15, 0.2) is 5.76 Å². The van der Waals surface area contributed by atoms with Crippen molar-refractivity contribution < 1.29 is 13.7 Å². The number of fused-ring (bicyclic) bond motifs is 1. The maximum atomic E-state index is 12.4. The zero-order valence-electron chi connectivity index (χ0n) is 17.0. The fourth-order valence-corrected chi connectivity index (χ4v) is 3.36. The summed E-state index contributed by atoms with van der Waals surface area (Å²) in [5.41, 5.74) is 2.12. The number of aryl methyl sites for hydroxylation is 1. The van der Waals surface area contributed by atoms with Crippen LogP contribution in [-0.4, -0.2) is 25.6 Å². The molecule has 1 atom stereocenters. The second-order valence-electron chi connectivity index (χ2n) is 7.44. The summed E-state index contributed by atoms with van der Waals surface area (Å²) in [7, 11) is 0. The van der Waals surface area contributed by atoms with Crippen molar-refractivity contribution in [1.82, 2.24) is 25.0 Å². The van der Waals surface area contributed by atoms with Crippen molar-refractivity contribution in [2.24, 2.45) is 5.92 Å². The molecular weight excluding hydrogens is 386 g/mol. The number of imidazole rings is 1. The molecule has 4 rings (SSSR count). The van der Waals surface area contributed by atoms with Crippen LogP contribution in [0.15, 0.2) is 50.3 Å². The van der Waals surface area contributed by atoms with Crippen molar-refractivity contribution in [1.29, 1.82) is 0 Å². The third-order valence-corrected chi connectivity index (χ3v) is 4.89. The van der Waals surface area contributed by atoms with E-state index in [4.69, 9.17) is 8.94 Å². The summed E-state index contributed by atoms with van der Waals surface area (Å²) in [5.74, 6) is 0.561. The van der Waals surface area contributed by atoms with Crippen molar-refractivity contribution in [2.75, 3.05) is 0 Å². The van der Waals surface area contributed by atoms with Crippen LogP contribution in [0.1, 0.15) is 49.7 Å². The van der Waals surface area contributed by atoms with Gasteiger partial charge in [0.2, 0.25) is 11.7 Å². The standard InChI is InChI=1S/C21H23N5O4/c1-4-9-26-15-8-7-13(11-14(15)22-21(26)28)18-24-20(30-25-18)17(12(2)3)23-19(27)16-6-5-10-29-16/h5-8,10-12,17H,4,9H2,1-3H3,(H,22,28)(H,23,27)/t17-/m0/s1. The largest absolute Gasteiger partial charge is 0.459 e. The number of furan rings is 1. The molecule has 0 aliphatic heterocycles. The molecule has 156 valence electrons. The Labute approximate surface area is 172 Å². The Morgan fingerprint density at radius 2 is 2.13 bits per heavy atom. The van der Waals surface area contributed by atoms with Crippen LogP contribution >= 0.6 is 0 Å². The first-order valence-corrected chi connectivity index (χ1v) is 9.88. The fraction of sp³-hybridized carbons (Fsp3) is 0.333. The lowest BCUT2D eigenvalue weighted by molar-refractivity contribution is 0.0885. The highest BCUT2D eigenvalue weighted by molar-refractivity contribution is 5.91. The van der Waals surface area contributed by atoms with E-state index in [1.54, 1.807) is 16.7 Å². The van der Waals surface area contributed by atoms with Crippen molar-refractivity contribution in [2.45, 2.75) is 39.8 Å². The number of carbonyl (C=O) groups excluding carboxylic acids is 1. The first-order chi connectivity index (χ1) is 14.5. The van der Waals surface area contributed by atoms with Crippen LogP contribution in [0.2, 0.25) is 0 Å². The number of hydrogen-bond acceptors (Lipinski definition) is 6. The number of aromatic nitrogens is 4. The molecule has 0 unspecified atom stereocenters. The molecule has 0 fully saturated rings. The van der Waals surface area contributed by atoms with Crippen LogP contribution in [0, 0.1) is 5.92 Å². The quantitative estimate of drug-likeness (QED) is 0.482. The minimum Gasteiger partial charge on any atom is -0.459 e. The molecule has 0 saturated carbocycles. The Morgan fingerprint density at radius 3 is 2.83 bits per heavy atom. The second-order valence-corrected chi connectivity index (χ2v) is 7.44. The average molecular weight is 409 g/mol. The number of carbonyl (C=O) groups is 1. The van der Waals surface area contributed by atoms with E-state index in [1.165, 1.54) is 6.26 Å². The monoisotopic (exact) mass is 409 g/mol. The summed E-state index contributed by atoms with van der Waals surface area (Å²) >= 11 is 0. The molecule has 0 bridgehead atoms. The first kappa shape index (κ1) is 19.7. The minimum atomic E-state index is -0.474. The second kappa shape index (κ2) is 8.02. The zero-order chi connectivity index (χ0) is 21.3. The van der Waals surface area contributed by atoms with Gasteiger partial charge in [-0.3, -0.25) is 9.36 Å². The van der Waals surface area contributed by atoms with E-state index in [1.807, 2.05) is 39.0 Å². The third-order valence-electron chi connectivity index (χ3n) is 4.89. The molecule has 9 heteroatoms. The van der Waals surface area contributed by atoms with E-state index in [0.717, 1.165) is 11.9 Å². The van der Waals surface area contributed by atoms with Gasteiger partial charge >= 0.3 is 5.69 Å². The predicted octanol–water partition coefficient (Wildman–Crippen LogP) is 3.51. The van der Waals surface area contributed by atoms with Crippen molar-refractivity contribution in [3.63, 3.8) is 0 Å². The molecule has 30 heavy (non-hydrogen) atoms. The van der Waals surface area contributed by atoms with E-state index < -0.39 is 6.04 Å². The molecule has 1 amide bonds. The minimum absolute atomic E-state index is 0.0131. The lowest BCUT2D eigenvalue weighted by Gasteiger charge is -2.17. The molecular formula is C21H23N5O4. The molecule has 1 aromatic carbocycles. The molecule has 2 N–H and O–H groups in total. The molecule has 4 aromatic rings. The number of rotatable bonds is 7. The van der Waals surface area contributed by atoms with Crippen LogP contribution in [0.3, 0.4) is 0 Å². The van der Waals surface area contributed by atoms with Gasteiger partial charge in [-0.15, -0.1) is 0 Å². The summed E-state index contributed by atoms with van der Waals surface area (Å²) in [6, 6.07) is 8.31. The summed E-state index contributed by atoms with van der Waals surface area (Å²) in [6.45, 7) is 6.57. The number of aromatic amines is 1. The highest BCUT2D eigenvalue weighted by Gasteiger charge is 2.26. The van der Waals surface area contributed by atoms with Gasteiger partial charge in [-0.1, -0.05) is 25.9 Å². The Bertz CT molecular complexity index is 1220. The van der Waals surface area contributed by atoms with Gasteiger partial charge in [-0.25, -0.2) is 4.79 Å². The number of nitrogens with one attached hydrogen (secondary N) is 2. The van der Waals surface area contributed by atoms with Gasteiger partial charge in [-0.05, 0) is 42.7 Å². The van der Waals surface area contributed by atoms with E-state index in [9.17, 15) is 9.59 Å². The Morgan fingerprint density at radius 1 is 1.30 bits per heavy atom. The smallest absolute Gasteiger partial charge is 0.326 e. The predicted molar refractivity (Wildman–Crippen MR) is 110 cm³/mol. The normalized spacial score (nSPS) is 12.5. The van der Waals surface area contributed by atoms with Gasteiger partial charge < -0.3 is 19.2 Å². The Hall–Kier alpha value is -3.62. The van der Waals surface area contributed by atoms with Crippen LogP contribution < -0.4 is 11.0 Å². The highest BCUT2D eigenvalue weighted by Crippen LogP contribution is 2.25.